The van der Waals surface area contributed by atoms with Crippen molar-refractivity contribution in [1.29, 1.82) is 0 Å². The average Bonchev–Trinajstić information content (AvgIpc) is 2.66. The molecule has 0 fully saturated rings. The lowest BCUT2D eigenvalue weighted by Crippen LogP contribution is -2.11. The van der Waals surface area contributed by atoms with Crippen molar-refractivity contribution in [3.05, 3.63) is 39.6 Å². The molecule has 1 aromatic heterocycles. The van der Waals surface area contributed by atoms with Crippen LogP contribution in [0.2, 0.25) is 0 Å². The Kier molecular flexibility index (Phi) is 4.42. The van der Waals surface area contributed by atoms with Gasteiger partial charge in [0.25, 0.3) is 0 Å². The van der Waals surface area contributed by atoms with Crippen LogP contribution in [0.25, 0.3) is 11.1 Å². The predicted octanol–water partition coefficient (Wildman–Crippen LogP) is 3.23. The van der Waals surface area contributed by atoms with E-state index in [2.05, 4.69) is 58.4 Å². The number of likely N-dealkylation sites (N-methyl/N-ethyl adjacent to an activating group) is 1. The van der Waals surface area contributed by atoms with E-state index in [1.54, 1.807) is 0 Å². The zero-order valence-electron chi connectivity index (χ0n) is 11.9. The minimum atomic E-state index is 0.941. The summed E-state index contributed by atoms with van der Waals surface area (Å²) in [5.41, 5.74) is 6.20. The van der Waals surface area contributed by atoms with E-state index in [0.29, 0.717) is 0 Å². The summed E-state index contributed by atoms with van der Waals surface area (Å²) in [4.78, 5) is 0. The van der Waals surface area contributed by atoms with Crippen LogP contribution in [0.3, 0.4) is 0 Å². The summed E-state index contributed by atoms with van der Waals surface area (Å²) in [5, 5.41) is 7.85. The third-order valence-corrected chi connectivity index (χ3v) is 3.98. The fraction of sp³-hybridized carbons (Fsp3) is 0.400. The molecule has 3 nitrogen and oxygen atoms in total. The molecule has 1 N–H and O–H groups in total. The number of hydrogen-bond acceptors (Lipinski definition) is 2. The number of aromatic nitrogens is 2. The Morgan fingerprint density at radius 2 is 2.05 bits per heavy atom. The summed E-state index contributed by atoms with van der Waals surface area (Å²) in [6.45, 7) is 5.22. The van der Waals surface area contributed by atoms with Gasteiger partial charge < -0.3 is 5.32 Å². The highest BCUT2D eigenvalue weighted by Crippen LogP contribution is 2.32. The van der Waals surface area contributed by atoms with E-state index >= 15 is 0 Å². The number of halogens is 1. The van der Waals surface area contributed by atoms with Crippen molar-refractivity contribution >= 4 is 15.9 Å². The van der Waals surface area contributed by atoms with Crippen LogP contribution in [0.4, 0.5) is 0 Å². The van der Waals surface area contributed by atoms with E-state index in [1.807, 2.05) is 18.8 Å². The smallest absolute Gasteiger partial charge is 0.0718 e. The van der Waals surface area contributed by atoms with Crippen LogP contribution in [0.1, 0.15) is 17.0 Å². The second-order valence-electron chi connectivity index (χ2n) is 4.84. The Hall–Kier alpha value is -1.13. The Labute approximate surface area is 123 Å². The summed E-state index contributed by atoms with van der Waals surface area (Å²) >= 11 is 3.56. The maximum Gasteiger partial charge on any atom is 0.0718 e. The molecule has 0 atom stereocenters. The van der Waals surface area contributed by atoms with E-state index in [0.717, 1.165) is 23.1 Å². The molecule has 102 valence electrons. The Balaban J connectivity index is 2.56. The second kappa shape index (κ2) is 5.88. The summed E-state index contributed by atoms with van der Waals surface area (Å²) < 4.78 is 3.08. The minimum absolute atomic E-state index is 0.941. The molecule has 0 unspecified atom stereocenters. The van der Waals surface area contributed by atoms with E-state index < -0.39 is 0 Å². The number of rotatable bonds is 4. The van der Waals surface area contributed by atoms with Crippen molar-refractivity contribution in [2.75, 3.05) is 13.6 Å². The summed E-state index contributed by atoms with van der Waals surface area (Å²) in [6.07, 6.45) is 0.944. The van der Waals surface area contributed by atoms with Gasteiger partial charge in [0.05, 0.1) is 5.69 Å². The van der Waals surface area contributed by atoms with Gasteiger partial charge in [-0.15, -0.1) is 0 Å². The third kappa shape index (κ3) is 2.90. The topological polar surface area (TPSA) is 29.9 Å². The van der Waals surface area contributed by atoms with Crippen molar-refractivity contribution < 1.29 is 0 Å². The zero-order valence-corrected chi connectivity index (χ0v) is 13.5. The van der Waals surface area contributed by atoms with E-state index in [1.165, 1.54) is 22.4 Å². The van der Waals surface area contributed by atoms with Crippen LogP contribution in [-0.4, -0.2) is 23.4 Å². The summed E-state index contributed by atoms with van der Waals surface area (Å²) in [5.74, 6) is 0. The standard InChI is InChI=1S/C15H20BrN3/c1-10-5-6-12(16)9-13(10)15-11(2)19(4)18-14(15)7-8-17-3/h5-6,9,17H,7-8H2,1-4H3. The van der Waals surface area contributed by atoms with Gasteiger partial charge in [0.1, 0.15) is 0 Å². The van der Waals surface area contributed by atoms with Crippen LogP contribution >= 0.6 is 15.9 Å². The predicted molar refractivity (Wildman–Crippen MR) is 83.4 cm³/mol. The minimum Gasteiger partial charge on any atom is -0.319 e. The Morgan fingerprint density at radius 3 is 2.74 bits per heavy atom. The van der Waals surface area contributed by atoms with Gasteiger partial charge in [-0.1, -0.05) is 22.0 Å². The number of aryl methyl sites for hydroxylation is 2. The first-order valence-electron chi connectivity index (χ1n) is 6.48. The lowest BCUT2D eigenvalue weighted by Gasteiger charge is -2.09. The molecule has 2 aromatic rings. The van der Waals surface area contributed by atoms with Crippen LogP contribution in [0.5, 0.6) is 0 Å². The first-order chi connectivity index (χ1) is 9.04. The number of benzene rings is 1. The molecule has 0 aliphatic carbocycles. The van der Waals surface area contributed by atoms with E-state index in [-0.39, 0.29) is 0 Å². The van der Waals surface area contributed by atoms with Crippen molar-refractivity contribution in [3.63, 3.8) is 0 Å². The molecule has 0 spiro atoms. The molecule has 0 bridgehead atoms. The van der Waals surface area contributed by atoms with Crippen LogP contribution in [-0.2, 0) is 13.5 Å². The number of nitrogens with one attached hydrogen (secondary N) is 1. The van der Waals surface area contributed by atoms with Crippen molar-refractivity contribution in [2.45, 2.75) is 20.3 Å². The average molecular weight is 322 g/mol. The first kappa shape index (κ1) is 14.3. The SMILES string of the molecule is CNCCc1nn(C)c(C)c1-c1cc(Br)ccc1C. The molecule has 0 aliphatic heterocycles. The summed E-state index contributed by atoms with van der Waals surface area (Å²) in [6, 6.07) is 6.41. The van der Waals surface area contributed by atoms with Gasteiger partial charge in [-0.05, 0) is 44.2 Å². The third-order valence-electron chi connectivity index (χ3n) is 3.49. The molecular formula is C15H20BrN3. The van der Waals surface area contributed by atoms with E-state index in [4.69, 9.17) is 0 Å². The second-order valence-corrected chi connectivity index (χ2v) is 5.76. The van der Waals surface area contributed by atoms with Gasteiger partial charge in [0, 0.05) is 35.7 Å². The molecule has 4 heteroatoms. The highest BCUT2D eigenvalue weighted by molar-refractivity contribution is 9.10. The van der Waals surface area contributed by atoms with Crippen LogP contribution in [0, 0.1) is 13.8 Å². The van der Waals surface area contributed by atoms with E-state index in [9.17, 15) is 0 Å². The first-order valence-corrected chi connectivity index (χ1v) is 7.27. The fourth-order valence-electron chi connectivity index (χ4n) is 2.31. The summed E-state index contributed by atoms with van der Waals surface area (Å²) in [7, 11) is 3.98. The van der Waals surface area contributed by atoms with Crippen molar-refractivity contribution in [2.24, 2.45) is 7.05 Å². The maximum atomic E-state index is 4.66. The lowest BCUT2D eigenvalue weighted by molar-refractivity contribution is 0.703. The zero-order chi connectivity index (χ0) is 14.0. The van der Waals surface area contributed by atoms with Gasteiger partial charge in [-0.2, -0.15) is 5.10 Å². The van der Waals surface area contributed by atoms with Crippen LogP contribution in [0.15, 0.2) is 22.7 Å². The van der Waals surface area contributed by atoms with Crippen LogP contribution < -0.4 is 5.32 Å². The van der Waals surface area contributed by atoms with Gasteiger partial charge in [-0.3, -0.25) is 4.68 Å². The molecule has 2 rings (SSSR count). The molecule has 1 heterocycles. The van der Waals surface area contributed by atoms with Crippen molar-refractivity contribution in [1.82, 2.24) is 15.1 Å². The Bertz CT molecular complexity index is 587. The van der Waals surface area contributed by atoms with Gasteiger partial charge in [0.15, 0.2) is 0 Å². The highest BCUT2D eigenvalue weighted by atomic mass is 79.9. The van der Waals surface area contributed by atoms with Crippen molar-refractivity contribution in [3.8, 4) is 11.1 Å². The molecule has 1 aromatic carbocycles. The maximum absolute atomic E-state index is 4.66. The van der Waals surface area contributed by atoms with Gasteiger partial charge in [0.2, 0.25) is 0 Å². The highest BCUT2D eigenvalue weighted by Gasteiger charge is 2.16. The molecular weight excluding hydrogens is 302 g/mol. The number of nitrogens with zero attached hydrogens (tertiary/aromatic N) is 2. The molecule has 0 aliphatic rings. The lowest BCUT2D eigenvalue weighted by atomic mass is 9.97. The Morgan fingerprint density at radius 1 is 1.32 bits per heavy atom. The molecule has 0 radical (unpaired) electrons. The molecule has 0 saturated carbocycles. The van der Waals surface area contributed by atoms with Gasteiger partial charge >= 0.3 is 0 Å². The molecule has 0 amide bonds. The molecule has 0 saturated heterocycles. The molecule has 19 heavy (non-hydrogen) atoms. The largest absolute Gasteiger partial charge is 0.319 e. The monoisotopic (exact) mass is 321 g/mol. The quantitative estimate of drug-likeness (QED) is 0.937. The normalized spacial score (nSPS) is 11.0. The van der Waals surface area contributed by atoms with Gasteiger partial charge in [-0.25, -0.2) is 0 Å². The number of hydrogen-bond donors (Lipinski definition) is 1. The fourth-order valence-corrected chi connectivity index (χ4v) is 2.67.